The van der Waals surface area contributed by atoms with Crippen molar-refractivity contribution in [1.29, 1.82) is 0 Å². The first kappa shape index (κ1) is 41.0. The van der Waals surface area contributed by atoms with Gasteiger partial charge in [-0.15, -0.1) is 0 Å². The van der Waals surface area contributed by atoms with Crippen LogP contribution >= 0.6 is 0 Å². The largest absolute Gasteiger partial charge is 0.441 e. The SMILES string of the molecule is CCCCCCCCCCCCCCCCCCCC(OC(=O)Nc1nc2c(c(=O)[nH]1)NCN2C1OC(CO)C(O)C1O)c1ccccc1[N+](=O)[O-]. The number of hydrogen-bond acceptors (Lipinski definition) is 12. The van der Waals surface area contributed by atoms with Crippen LogP contribution in [0, 0.1) is 10.1 Å². The van der Waals surface area contributed by atoms with E-state index in [0.29, 0.717) is 12.8 Å². The second-order valence-electron chi connectivity index (χ2n) is 13.9. The number of nitrogens with zero attached hydrogens (tertiary/aromatic N) is 3. The number of nitro benzene ring substituents is 1. The van der Waals surface area contributed by atoms with Crippen LogP contribution in [0.5, 0.6) is 0 Å². The summed E-state index contributed by atoms with van der Waals surface area (Å²) >= 11 is 0. The van der Waals surface area contributed by atoms with Gasteiger partial charge in [-0.25, -0.2) is 4.79 Å². The van der Waals surface area contributed by atoms with Crippen molar-refractivity contribution in [3.8, 4) is 0 Å². The number of aliphatic hydroxyl groups excluding tert-OH is 3. The number of aromatic amines is 1. The number of fused-ring (bicyclic) bond motifs is 1. The lowest BCUT2D eigenvalue weighted by molar-refractivity contribution is -0.386. The number of rotatable bonds is 24. The van der Waals surface area contributed by atoms with Gasteiger partial charge in [0.1, 0.15) is 30.1 Å². The van der Waals surface area contributed by atoms with Crippen LogP contribution in [0.15, 0.2) is 29.1 Å². The predicted molar refractivity (Wildman–Crippen MR) is 198 cm³/mol. The number of unbranched alkanes of at least 4 members (excludes halogenated alkanes) is 16. The van der Waals surface area contributed by atoms with E-state index in [4.69, 9.17) is 9.47 Å². The number of ether oxygens (including phenoxy) is 2. The molecule has 0 bridgehead atoms. The molecule has 2 aromatic rings. The molecule has 1 fully saturated rings. The van der Waals surface area contributed by atoms with Crippen molar-refractivity contribution in [3.05, 3.63) is 50.3 Å². The van der Waals surface area contributed by atoms with Gasteiger partial charge in [-0.1, -0.05) is 122 Å². The maximum absolute atomic E-state index is 13.2. The van der Waals surface area contributed by atoms with E-state index in [2.05, 4.69) is 27.5 Å². The summed E-state index contributed by atoms with van der Waals surface area (Å²) in [5.41, 5.74) is -0.438. The van der Waals surface area contributed by atoms with Gasteiger partial charge in [-0.3, -0.25) is 25.2 Å². The standard InChI is InChI=1S/C37H58N6O9/c1-2-3-4-5-6-7-8-9-10-11-12-13-14-15-16-17-18-23-28(26-21-19-20-22-27(26)43(49)50)52-37(48)41-36-39-33-30(34(47)40-36)38-25-42(33)35-32(46)31(45)29(24-44)51-35/h19-22,28-29,31-32,35,38,44-46H,2-18,23-25H2,1H3,(H2,39,40,41,47,48). The zero-order chi connectivity index (χ0) is 37.3. The zero-order valence-electron chi connectivity index (χ0n) is 30.5. The molecule has 5 unspecified atom stereocenters. The predicted octanol–water partition coefficient (Wildman–Crippen LogP) is 6.64. The van der Waals surface area contributed by atoms with E-state index in [0.717, 1.165) is 19.3 Å². The van der Waals surface area contributed by atoms with Gasteiger partial charge in [-0.05, 0) is 18.9 Å². The summed E-state index contributed by atoms with van der Waals surface area (Å²) in [5, 5.41) is 47.3. The van der Waals surface area contributed by atoms with Crippen molar-refractivity contribution < 1.29 is 34.5 Å². The first-order valence-electron chi connectivity index (χ1n) is 19.2. The summed E-state index contributed by atoms with van der Waals surface area (Å²) in [4.78, 5) is 45.5. The average Bonchev–Trinajstić information content (AvgIpc) is 3.68. The molecule has 0 saturated carbocycles. The first-order valence-corrected chi connectivity index (χ1v) is 19.2. The van der Waals surface area contributed by atoms with Crippen molar-refractivity contribution in [3.63, 3.8) is 0 Å². The lowest BCUT2D eigenvalue weighted by Gasteiger charge is -2.26. The zero-order valence-corrected chi connectivity index (χ0v) is 30.5. The molecule has 5 atom stereocenters. The van der Waals surface area contributed by atoms with Crippen LogP contribution in [-0.2, 0) is 9.47 Å². The molecule has 1 aromatic heterocycles. The number of nitro groups is 1. The van der Waals surface area contributed by atoms with Gasteiger partial charge in [0.25, 0.3) is 11.2 Å². The molecule has 290 valence electrons. The van der Waals surface area contributed by atoms with Gasteiger partial charge >= 0.3 is 6.09 Å². The summed E-state index contributed by atoms with van der Waals surface area (Å²) in [6.45, 7) is 1.73. The van der Waals surface area contributed by atoms with Crippen molar-refractivity contribution in [1.82, 2.24) is 9.97 Å². The number of para-hydroxylation sites is 1. The molecule has 3 heterocycles. The molecule has 4 rings (SSSR count). The molecule has 15 heteroatoms. The third kappa shape index (κ3) is 11.9. The topological polar surface area (TPSA) is 212 Å². The number of carbonyl (C=O) groups is 1. The molecule has 2 aliphatic heterocycles. The van der Waals surface area contributed by atoms with E-state index in [-0.39, 0.29) is 35.4 Å². The number of carbonyl (C=O) groups excluding carboxylic acids is 1. The monoisotopic (exact) mass is 730 g/mol. The van der Waals surface area contributed by atoms with Crippen LogP contribution in [-0.4, -0.2) is 74.1 Å². The summed E-state index contributed by atoms with van der Waals surface area (Å²) < 4.78 is 11.3. The fourth-order valence-corrected chi connectivity index (χ4v) is 6.99. The number of aromatic nitrogens is 2. The van der Waals surface area contributed by atoms with Gasteiger partial charge < -0.3 is 35.0 Å². The minimum absolute atomic E-state index is 0.00497. The molecule has 1 aromatic carbocycles. The van der Waals surface area contributed by atoms with Crippen LogP contribution in [0.3, 0.4) is 0 Å². The molecule has 0 radical (unpaired) electrons. The minimum Gasteiger partial charge on any atom is -0.441 e. The van der Waals surface area contributed by atoms with Gasteiger partial charge in [0.15, 0.2) is 12.0 Å². The van der Waals surface area contributed by atoms with E-state index in [9.17, 15) is 35.0 Å². The molecule has 15 nitrogen and oxygen atoms in total. The van der Waals surface area contributed by atoms with Crippen molar-refractivity contribution in [2.75, 3.05) is 28.8 Å². The molecule has 0 aliphatic carbocycles. The number of H-pyrrole nitrogens is 1. The summed E-state index contributed by atoms with van der Waals surface area (Å²) in [6, 6.07) is 6.16. The van der Waals surface area contributed by atoms with Gasteiger partial charge in [-0.2, -0.15) is 4.98 Å². The van der Waals surface area contributed by atoms with Gasteiger partial charge in [0.05, 0.1) is 23.8 Å². The first-order chi connectivity index (χ1) is 25.2. The highest BCUT2D eigenvalue weighted by Crippen LogP contribution is 2.35. The van der Waals surface area contributed by atoms with E-state index in [1.807, 2.05) is 0 Å². The Labute approximate surface area is 305 Å². The van der Waals surface area contributed by atoms with Crippen molar-refractivity contribution >= 4 is 29.2 Å². The highest BCUT2D eigenvalue weighted by Gasteiger charge is 2.47. The summed E-state index contributed by atoms with van der Waals surface area (Å²) in [7, 11) is 0. The van der Waals surface area contributed by atoms with E-state index < -0.39 is 53.8 Å². The van der Waals surface area contributed by atoms with Crippen LogP contribution < -0.4 is 21.1 Å². The molecule has 1 amide bonds. The molecule has 1 saturated heterocycles. The van der Waals surface area contributed by atoms with Crippen LogP contribution in [0.2, 0.25) is 0 Å². The maximum Gasteiger partial charge on any atom is 0.414 e. The van der Waals surface area contributed by atoms with Crippen molar-refractivity contribution in [2.24, 2.45) is 0 Å². The summed E-state index contributed by atoms with van der Waals surface area (Å²) in [6.07, 6.45) is 14.4. The lowest BCUT2D eigenvalue weighted by atomic mass is 10.00. The molecule has 2 aliphatic rings. The van der Waals surface area contributed by atoms with Crippen LogP contribution in [0.25, 0.3) is 0 Å². The Balaban J connectivity index is 1.24. The Bertz CT molecular complexity index is 1460. The Hall–Kier alpha value is -3.79. The molecule has 6 N–H and O–H groups in total. The average molecular weight is 731 g/mol. The fourth-order valence-electron chi connectivity index (χ4n) is 6.99. The Kier molecular flexibility index (Phi) is 17.1. The quantitative estimate of drug-likeness (QED) is 0.0381. The molecular weight excluding hydrogens is 672 g/mol. The number of anilines is 3. The summed E-state index contributed by atoms with van der Waals surface area (Å²) in [5.74, 6) is -0.207. The Morgan fingerprint density at radius 3 is 2.12 bits per heavy atom. The van der Waals surface area contributed by atoms with Crippen molar-refractivity contribution in [2.45, 2.75) is 153 Å². The second kappa shape index (κ2) is 21.7. The Morgan fingerprint density at radius 2 is 1.56 bits per heavy atom. The number of benzene rings is 1. The van der Waals surface area contributed by atoms with E-state index in [1.54, 1.807) is 18.2 Å². The van der Waals surface area contributed by atoms with Crippen LogP contribution in [0.4, 0.5) is 27.9 Å². The molecule has 0 spiro atoms. The second-order valence-corrected chi connectivity index (χ2v) is 13.9. The fraction of sp³-hybridized carbons (Fsp3) is 0.703. The number of aliphatic hydroxyl groups is 3. The number of nitrogens with one attached hydrogen (secondary N) is 3. The Morgan fingerprint density at radius 1 is 0.981 bits per heavy atom. The third-order valence-corrected chi connectivity index (χ3v) is 9.94. The lowest BCUT2D eigenvalue weighted by Crippen LogP contribution is -2.44. The normalized spacial score (nSPS) is 20.0. The van der Waals surface area contributed by atoms with E-state index >= 15 is 0 Å². The highest BCUT2D eigenvalue weighted by atomic mass is 16.6. The van der Waals surface area contributed by atoms with Crippen LogP contribution in [0.1, 0.15) is 134 Å². The molecular formula is C37H58N6O9. The third-order valence-electron chi connectivity index (χ3n) is 9.94. The number of hydrogen-bond donors (Lipinski definition) is 6. The van der Waals surface area contributed by atoms with E-state index in [1.165, 1.54) is 94.4 Å². The smallest absolute Gasteiger partial charge is 0.414 e. The van der Waals surface area contributed by atoms with Gasteiger partial charge in [0.2, 0.25) is 5.95 Å². The maximum atomic E-state index is 13.2. The van der Waals surface area contributed by atoms with Gasteiger partial charge in [0, 0.05) is 6.07 Å². The molecule has 52 heavy (non-hydrogen) atoms. The highest BCUT2D eigenvalue weighted by molar-refractivity contribution is 5.83. The number of amides is 1. The minimum atomic E-state index is -1.40.